The molecule has 8 heteroatoms. The van der Waals surface area contributed by atoms with Crippen LogP contribution in [0.3, 0.4) is 0 Å². The number of nitrogens with zero attached hydrogens (tertiary/aromatic N) is 4. The Bertz CT molecular complexity index is 1130. The van der Waals surface area contributed by atoms with Crippen LogP contribution in [-0.4, -0.2) is 25.8 Å². The maximum atomic E-state index is 13.8. The summed E-state index contributed by atoms with van der Waals surface area (Å²) in [5.41, 5.74) is 2.96. The molecule has 28 heavy (non-hydrogen) atoms. The van der Waals surface area contributed by atoms with Gasteiger partial charge >= 0.3 is 0 Å². The number of aromatic nitrogens is 4. The number of benzene rings is 1. The molecule has 1 aromatic carbocycles. The monoisotopic (exact) mass is 377 g/mol. The molecule has 140 valence electrons. The molecule has 0 fully saturated rings. The third kappa shape index (κ3) is 3.66. The van der Waals surface area contributed by atoms with E-state index in [9.17, 15) is 9.18 Å². The highest BCUT2D eigenvalue weighted by Crippen LogP contribution is 2.23. The van der Waals surface area contributed by atoms with Gasteiger partial charge in [-0.15, -0.1) is 0 Å². The quantitative estimate of drug-likeness (QED) is 0.573. The maximum Gasteiger partial charge on any atom is 0.277 e. The maximum absolute atomic E-state index is 13.8. The SMILES string of the molecule is Cc1ccncc1Cn1cc(NC(=O)c2cc(-c3ccccc3F)on2)cn1. The molecule has 0 spiro atoms. The molecule has 0 bridgehead atoms. The van der Waals surface area contributed by atoms with Crippen LogP contribution in [0, 0.1) is 12.7 Å². The molecule has 0 unspecified atom stereocenters. The van der Waals surface area contributed by atoms with Crippen LogP contribution in [-0.2, 0) is 6.54 Å². The zero-order valence-corrected chi connectivity index (χ0v) is 15.0. The van der Waals surface area contributed by atoms with Crippen LogP contribution >= 0.6 is 0 Å². The van der Waals surface area contributed by atoms with Gasteiger partial charge in [0.1, 0.15) is 5.82 Å². The largest absolute Gasteiger partial charge is 0.355 e. The first-order chi connectivity index (χ1) is 13.6. The Labute approximate surface area is 159 Å². The number of carbonyl (C=O) groups excluding carboxylic acids is 1. The fourth-order valence-corrected chi connectivity index (χ4v) is 2.72. The average Bonchev–Trinajstić information content (AvgIpc) is 3.34. The van der Waals surface area contributed by atoms with Gasteiger partial charge in [-0.2, -0.15) is 5.10 Å². The molecule has 0 atom stereocenters. The summed E-state index contributed by atoms with van der Waals surface area (Å²) in [7, 11) is 0. The Balaban J connectivity index is 1.46. The van der Waals surface area contributed by atoms with Crippen molar-refractivity contribution in [2.75, 3.05) is 5.32 Å². The molecule has 4 rings (SSSR count). The van der Waals surface area contributed by atoms with E-state index in [1.165, 1.54) is 12.1 Å². The lowest BCUT2D eigenvalue weighted by molar-refractivity contribution is 0.101. The van der Waals surface area contributed by atoms with Gasteiger partial charge in [-0.3, -0.25) is 14.5 Å². The van der Waals surface area contributed by atoms with Crippen LogP contribution < -0.4 is 5.32 Å². The minimum atomic E-state index is -0.469. The molecule has 0 aliphatic rings. The van der Waals surface area contributed by atoms with Crippen molar-refractivity contribution in [1.29, 1.82) is 0 Å². The predicted molar refractivity (Wildman–Crippen MR) is 100 cm³/mol. The second-order valence-electron chi connectivity index (χ2n) is 6.24. The average molecular weight is 377 g/mol. The van der Waals surface area contributed by atoms with Gasteiger partial charge in [-0.1, -0.05) is 17.3 Å². The van der Waals surface area contributed by atoms with Crippen molar-refractivity contribution < 1.29 is 13.7 Å². The number of anilines is 1. The predicted octanol–water partition coefficient (Wildman–Crippen LogP) is 3.68. The van der Waals surface area contributed by atoms with Gasteiger partial charge in [-0.05, 0) is 36.2 Å². The van der Waals surface area contributed by atoms with Crippen molar-refractivity contribution in [1.82, 2.24) is 19.9 Å². The third-order valence-corrected chi connectivity index (χ3v) is 4.25. The van der Waals surface area contributed by atoms with E-state index in [-0.39, 0.29) is 17.0 Å². The van der Waals surface area contributed by atoms with E-state index in [0.29, 0.717) is 12.2 Å². The van der Waals surface area contributed by atoms with E-state index in [1.807, 2.05) is 13.0 Å². The highest BCUT2D eigenvalue weighted by atomic mass is 19.1. The van der Waals surface area contributed by atoms with Crippen LogP contribution in [0.2, 0.25) is 0 Å². The van der Waals surface area contributed by atoms with Gasteiger partial charge < -0.3 is 9.84 Å². The normalized spacial score (nSPS) is 10.8. The molecule has 3 aromatic heterocycles. The lowest BCUT2D eigenvalue weighted by Crippen LogP contribution is -2.11. The Morgan fingerprint density at radius 1 is 1.25 bits per heavy atom. The number of halogens is 1. The Morgan fingerprint density at radius 2 is 2.11 bits per heavy atom. The zero-order valence-electron chi connectivity index (χ0n) is 15.0. The number of hydrogen-bond donors (Lipinski definition) is 1. The van der Waals surface area contributed by atoms with E-state index in [1.54, 1.807) is 47.7 Å². The molecule has 0 aliphatic carbocycles. The van der Waals surface area contributed by atoms with Gasteiger partial charge in [0.05, 0.1) is 24.0 Å². The number of pyridine rings is 1. The van der Waals surface area contributed by atoms with Gasteiger partial charge in [0.2, 0.25) is 0 Å². The Hall–Kier alpha value is -3.81. The molecule has 0 aliphatic heterocycles. The van der Waals surface area contributed by atoms with Crippen LogP contribution in [0.15, 0.2) is 65.7 Å². The fraction of sp³-hybridized carbons (Fsp3) is 0.100. The van der Waals surface area contributed by atoms with Gasteiger partial charge in [0.15, 0.2) is 11.5 Å². The van der Waals surface area contributed by atoms with Crippen molar-refractivity contribution >= 4 is 11.6 Å². The molecule has 0 saturated carbocycles. The number of hydrogen-bond acceptors (Lipinski definition) is 5. The minimum absolute atomic E-state index is 0.0501. The topological polar surface area (TPSA) is 85.8 Å². The summed E-state index contributed by atoms with van der Waals surface area (Å²) in [6, 6.07) is 9.46. The number of rotatable bonds is 5. The number of amides is 1. The Morgan fingerprint density at radius 3 is 2.93 bits per heavy atom. The molecular weight excluding hydrogens is 361 g/mol. The zero-order chi connectivity index (χ0) is 19.5. The van der Waals surface area contributed by atoms with E-state index >= 15 is 0 Å². The summed E-state index contributed by atoms with van der Waals surface area (Å²) < 4.78 is 20.6. The first-order valence-electron chi connectivity index (χ1n) is 8.55. The minimum Gasteiger partial charge on any atom is -0.355 e. The second-order valence-corrected chi connectivity index (χ2v) is 6.24. The summed E-state index contributed by atoms with van der Waals surface area (Å²) in [6.07, 6.45) is 6.78. The summed E-state index contributed by atoms with van der Waals surface area (Å²) in [5.74, 6) is -0.730. The first kappa shape index (κ1) is 17.6. The highest BCUT2D eigenvalue weighted by Gasteiger charge is 2.16. The van der Waals surface area contributed by atoms with Crippen LogP contribution in [0.1, 0.15) is 21.6 Å². The number of aryl methyl sites for hydroxylation is 1. The summed E-state index contributed by atoms with van der Waals surface area (Å²) in [5, 5.41) is 10.7. The van der Waals surface area contributed by atoms with Crippen LogP contribution in [0.4, 0.5) is 10.1 Å². The Kier molecular flexibility index (Phi) is 4.67. The molecule has 1 N–H and O–H groups in total. The lowest BCUT2D eigenvalue weighted by Gasteiger charge is -2.04. The lowest BCUT2D eigenvalue weighted by atomic mass is 10.1. The van der Waals surface area contributed by atoms with E-state index < -0.39 is 11.7 Å². The smallest absolute Gasteiger partial charge is 0.277 e. The van der Waals surface area contributed by atoms with Crippen molar-refractivity contribution in [3.05, 3.63) is 83.8 Å². The van der Waals surface area contributed by atoms with Crippen LogP contribution in [0.25, 0.3) is 11.3 Å². The van der Waals surface area contributed by atoms with Crippen LogP contribution in [0.5, 0.6) is 0 Å². The molecule has 1 amide bonds. The van der Waals surface area contributed by atoms with E-state index in [0.717, 1.165) is 11.1 Å². The van der Waals surface area contributed by atoms with Crippen molar-refractivity contribution in [3.63, 3.8) is 0 Å². The van der Waals surface area contributed by atoms with Crippen molar-refractivity contribution in [2.45, 2.75) is 13.5 Å². The van der Waals surface area contributed by atoms with Gasteiger partial charge in [-0.25, -0.2) is 4.39 Å². The standard InChI is InChI=1S/C20H16FN5O2/c1-13-6-7-22-9-14(13)11-26-12-15(10-23-26)24-20(27)18-8-19(28-25-18)16-4-2-3-5-17(16)21/h2-10,12H,11H2,1H3,(H,24,27). The van der Waals surface area contributed by atoms with Crippen molar-refractivity contribution in [2.24, 2.45) is 0 Å². The summed E-state index contributed by atoms with van der Waals surface area (Å²) in [4.78, 5) is 16.5. The summed E-state index contributed by atoms with van der Waals surface area (Å²) in [6.45, 7) is 2.54. The molecular formula is C20H16FN5O2. The van der Waals surface area contributed by atoms with Gasteiger partial charge in [0.25, 0.3) is 5.91 Å². The first-order valence-corrected chi connectivity index (χ1v) is 8.55. The van der Waals surface area contributed by atoms with E-state index in [2.05, 4.69) is 20.6 Å². The molecule has 4 aromatic rings. The fourth-order valence-electron chi connectivity index (χ4n) is 2.72. The highest BCUT2D eigenvalue weighted by molar-refractivity contribution is 6.03. The number of nitrogens with one attached hydrogen (secondary N) is 1. The van der Waals surface area contributed by atoms with E-state index in [4.69, 9.17) is 4.52 Å². The molecule has 3 heterocycles. The number of carbonyl (C=O) groups is 1. The second kappa shape index (κ2) is 7.43. The molecule has 7 nitrogen and oxygen atoms in total. The molecule has 0 radical (unpaired) electrons. The van der Waals surface area contributed by atoms with Gasteiger partial charge in [0, 0.05) is 24.7 Å². The van der Waals surface area contributed by atoms with Crippen molar-refractivity contribution in [3.8, 4) is 11.3 Å². The molecule has 0 saturated heterocycles. The third-order valence-electron chi connectivity index (χ3n) is 4.25. The summed E-state index contributed by atoms with van der Waals surface area (Å²) >= 11 is 0.